The quantitative estimate of drug-likeness (QED) is 0.606. The van der Waals surface area contributed by atoms with E-state index in [4.69, 9.17) is 16.3 Å². The van der Waals surface area contributed by atoms with Crippen LogP contribution in [0.4, 0.5) is 0 Å². The number of likely N-dealkylation sites (N-methyl/N-ethyl adjacent to an activating group) is 2. The van der Waals surface area contributed by atoms with Crippen LogP contribution in [-0.4, -0.2) is 69.1 Å². The Morgan fingerprint density at radius 3 is 2.48 bits per heavy atom. The molecule has 0 atom stereocenters. The fourth-order valence-corrected chi connectivity index (χ4v) is 1.82. The number of carbonyl (C=O) groups is 1. The van der Waals surface area contributed by atoms with Crippen LogP contribution in [0.3, 0.4) is 0 Å². The number of aliphatic imine (C=N–C) groups is 1. The van der Waals surface area contributed by atoms with Gasteiger partial charge in [-0.15, -0.1) is 0 Å². The first-order valence-corrected chi connectivity index (χ1v) is 7.89. The summed E-state index contributed by atoms with van der Waals surface area (Å²) < 4.78 is 5.67. The van der Waals surface area contributed by atoms with Crippen LogP contribution in [0.25, 0.3) is 0 Å². The van der Waals surface area contributed by atoms with Crippen molar-refractivity contribution >= 4 is 23.5 Å². The Bertz CT molecular complexity index is 517. The first kappa shape index (κ1) is 19.1. The summed E-state index contributed by atoms with van der Waals surface area (Å²) in [6.07, 6.45) is 0. The first-order chi connectivity index (χ1) is 10.9. The molecule has 0 saturated heterocycles. The van der Waals surface area contributed by atoms with Crippen LogP contribution in [0.2, 0.25) is 5.02 Å². The van der Waals surface area contributed by atoms with Crippen molar-refractivity contribution in [2.45, 2.75) is 6.92 Å². The highest BCUT2D eigenvalue weighted by molar-refractivity contribution is 6.30. The van der Waals surface area contributed by atoms with Crippen molar-refractivity contribution in [2.24, 2.45) is 4.99 Å². The van der Waals surface area contributed by atoms with Gasteiger partial charge < -0.3 is 19.9 Å². The Labute approximate surface area is 143 Å². The molecule has 0 spiro atoms. The lowest BCUT2D eigenvalue weighted by atomic mass is 10.3. The zero-order chi connectivity index (χ0) is 17.2. The third kappa shape index (κ3) is 7.23. The third-order valence-corrected chi connectivity index (χ3v) is 3.32. The molecule has 7 heteroatoms. The van der Waals surface area contributed by atoms with Crippen LogP contribution in [0.5, 0.6) is 5.75 Å². The zero-order valence-corrected chi connectivity index (χ0v) is 14.9. The molecule has 1 amide bonds. The van der Waals surface area contributed by atoms with E-state index in [2.05, 4.69) is 10.3 Å². The molecular formula is C16H25ClN4O2. The van der Waals surface area contributed by atoms with E-state index in [0.717, 1.165) is 12.3 Å². The molecule has 0 fully saturated rings. The van der Waals surface area contributed by atoms with Gasteiger partial charge in [0, 0.05) is 32.7 Å². The maximum atomic E-state index is 11.6. The lowest BCUT2D eigenvalue weighted by Gasteiger charge is -2.22. The SMILES string of the molecule is CCNC(=NCC(=O)N(C)C)N(C)CCOc1ccc(Cl)cc1. The summed E-state index contributed by atoms with van der Waals surface area (Å²) in [7, 11) is 5.34. The van der Waals surface area contributed by atoms with Gasteiger partial charge in [0.05, 0.1) is 6.54 Å². The molecule has 0 unspecified atom stereocenters. The molecule has 0 saturated carbocycles. The predicted octanol–water partition coefficient (Wildman–Crippen LogP) is 1.70. The Morgan fingerprint density at radius 2 is 1.91 bits per heavy atom. The highest BCUT2D eigenvalue weighted by atomic mass is 35.5. The number of amides is 1. The number of hydrogen-bond donors (Lipinski definition) is 1. The number of carbonyl (C=O) groups excluding carboxylic acids is 1. The fraction of sp³-hybridized carbons (Fsp3) is 0.500. The molecule has 128 valence electrons. The molecule has 0 aliphatic rings. The normalized spacial score (nSPS) is 11.1. The maximum absolute atomic E-state index is 11.6. The monoisotopic (exact) mass is 340 g/mol. The average Bonchev–Trinajstić information content (AvgIpc) is 2.52. The van der Waals surface area contributed by atoms with Crippen molar-refractivity contribution in [1.82, 2.24) is 15.1 Å². The number of benzene rings is 1. The van der Waals surface area contributed by atoms with E-state index >= 15 is 0 Å². The molecule has 0 aliphatic carbocycles. The maximum Gasteiger partial charge on any atom is 0.243 e. The lowest BCUT2D eigenvalue weighted by molar-refractivity contribution is -0.127. The third-order valence-electron chi connectivity index (χ3n) is 3.07. The summed E-state index contributed by atoms with van der Waals surface area (Å²) >= 11 is 5.84. The van der Waals surface area contributed by atoms with Crippen LogP contribution in [0.1, 0.15) is 6.92 Å². The van der Waals surface area contributed by atoms with Crippen molar-refractivity contribution in [2.75, 3.05) is 47.4 Å². The second-order valence-corrected chi connectivity index (χ2v) is 5.62. The van der Waals surface area contributed by atoms with Gasteiger partial charge in [0.15, 0.2) is 5.96 Å². The molecule has 0 radical (unpaired) electrons. The first-order valence-electron chi connectivity index (χ1n) is 7.52. The number of hydrogen-bond acceptors (Lipinski definition) is 3. The Hall–Kier alpha value is -1.95. The van der Waals surface area contributed by atoms with Gasteiger partial charge in [-0.05, 0) is 31.2 Å². The van der Waals surface area contributed by atoms with E-state index in [0.29, 0.717) is 24.1 Å². The zero-order valence-electron chi connectivity index (χ0n) is 14.2. The minimum atomic E-state index is -0.0359. The highest BCUT2D eigenvalue weighted by Crippen LogP contribution is 2.15. The minimum absolute atomic E-state index is 0.0359. The van der Waals surface area contributed by atoms with Crippen LogP contribution in [0, 0.1) is 0 Å². The molecular weight excluding hydrogens is 316 g/mol. The van der Waals surface area contributed by atoms with Crippen molar-refractivity contribution in [1.29, 1.82) is 0 Å². The summed E-state index contributed by atoms with van der Waals surface area (Å²) in [6, 6.07) is 7.24. The van der Waals surface area contributed by atoms with Crippen molar-refractivity contribution < 1.29 is 9.53 Å². The molecule has 1 N–H and O–H groups in total. The Morgan fingerprint density at radius 1 is 1.26 bits per heavy atom. The number of rotatable bonds is 7. The van der Waals surface area contributed by atoms with E-state index < -0.39 is 0 Å². The Balaban J connectivity index is 2.50. The fourth-order valence-electron chi connectivity index (χ4n) is 1.69. The van der Waals surface area contributed by atoms with E-state index in [-0.39, 0.29) is 12.5 Å². The van der Waals surface area contributed by atoms with E-state index in [9.17, 15) is 4.79 Å². The number of nitrogens with one attached hydrogen (secondary N) is 1. The van der Waals surface area contributed by atoms with E-state index in [1.807, 2.05) is 31.0 Å². The molecule has 0 aromatic heterocycles. The van der Waals surface area contributed by atoms with Gasteiger partial charge >= 0.3 is 0 Å². The van der Waals surface area contributed by atoms with Crippen molar-refractivity contribution in [3.63, 3.8) is 0 Å². The molecule has 6 nitrogen and oxygen atoms in total. The smallest absolute Gasteiger partial charge is 0.243 e. The van der Waals surface area contributed by atoms with E-state index in [1.165, 1.54) is 4.90 Å². The molecule has 1 rings (SSSR count). The van der Waals surface area contributed by atoms with Gasteiger partial charge in [-0.25, -0.2) is 4.99 Å². The van der Waals surface area contributed by atoms with Crippen molar-refractivity contribution in [3.05, 3.63) is 29.3 Å². The molecule has 1 aromatic rings. The summed E-state index contributed by atoms with van der Waals surface area (Å²) in [6.45, 7) is 3.99. The highest BCUT2D eigenvalue weighted by Gasteiger charge is 2.08. The van der Waals surface area contributed by atoms with Crippen LogP contribution < -0.4 is 10.1 Å². The van der Waals surface area contributed by atoms with Gasteiger partial charge in [-0.1, -0.05) is 11.6 Å². The standard InChI is InChI=1S/C16H25ClN4O2/c1-5-18-16(19-12-15(22)20(2)3)21(4)10-11-23-14-8-6-13(17)7-9-14/h6-9H,5,10-12H2,1-4H3,(H,18,19). The summed E-state index contributed by atoms with van der Waals surface area (Å²) in [5.41, 5.74) is 0. The summed E-state index contributed by atoms with van der Waals surface area (Å²) in [5, 5.41) is 3.85. The van der Waals surface area contributed by atoms with Gasteiger partial charge in [0.2, 0.25) is 5.91 Å². The molecule has 0 heterocycles. The van der Waals surface area contributed by atoms with Gasteiger partial charge in [-0.2, -0.15) is 0 Å². The van der Waals surface area contributed by atoms with Crippen LogP contribution in [-0.2, 0) is 4.79 Å². The molecule has 23 heavy (non-hydrogen) atoms. The van der Waals surface area contributed by atoms with Gasteiger partial charge in [-0.3, -0.25) is 4.79 Å². The summed E-state index contributed by atoms with van der Waals surface area (Å²) in [4.78, 5) is 19.4. The molecule has 1 aromatic carbocycles. The second kappa shape index (κ2) is 9.94. The van der Waals surface area contributed by atoms with E-state index in [1.54, 1.807) is 26.2 Å². The summed E-state index contributed by atoms with van der Waals surface area (Å²) in [5.74, 6) is 1.42. The number of guanidine groups is 1. The average molecular weight is 341 g/mol. The number of ether oxygens (including phenoxy) is 1. The number of halogens is 1. The number of nitrogens with zero attached hydrogens (tertiary/aromatic N) is 3. The predicted molar refractivity (Wildman–Crippen MR) is 94.2 cm³/mol. The largest absolute Gasteiger partial charge is 0.492 e. The molecule has 0 bridgehead atoms. The van der Waals surface area contributed by atoms with Crippen molar-refractivity contribution in [3.8, 4) is 5.75 Å². The lowest BCUT2D eigenvalue weighted by Crippen LogP contribution is -2.41. The van der Waals surface area contributed by atoms with Crippen LogP contribution in [0.15, 0.2) is 29.3 Å². The second-order valence-electron chi connectivity index (χ2n) is 5.18. The molecule has 0 aliphatic heterocycles. The topological polar surface area (TPSA) is 57.2 Å². The van der Waals surface area contributed by atoms with Gasteiger partial charge in [0.25, 0.3) is 0 Å². The Kier molecular flexibility index (Phi) is 8.26. The minimum Gasteiger partial charge on any atom is -0.492 e. The van der Waals surface area contributed by atoms with Gasteiger partial charge in [0.1, 0.15) is 18.9 Å². The van der Waals surface area contributed by atoms with Crippen LogP contribution >= 0.6 is 11.6 Å².